The van der Waals surface area contributed by atoms with Gasteiger partial charge in [0.1, 0.15) is 5.82 Å². The number of hydrogen-bond donors (Lipinski definition) is 1. The van der Waals surface area contributed by atoms with Crippen LogP contribution in [0.4, 0.5) is 5.82 Å². The van der Waals surface area contributed by atoms with Gasteiger partial charge >= 0.3 is 0 Å². The summed E-state index contributed by atoms with van der Waals surface area (Å²) in [7, 11) is -3.70. The van der Waals surface area contributed by atoms with Crippen LogP contribution in [0.15, 0.2) is 12.3 Å². The van der Waals surface area contributed by atoms with E-state index < -0.39 is 15.0 Å². The Morgan fingerprint density at radius 3 is 2.47 bits per heavy atom. The van der Waals surface area contributed by atoms with Crippen molar-refractivity contribution in [2.75, 3.05) is 11.5 Å². The molecule has 0 saturated heterocycles. The molecule has 0 aliphatic heterocycles. The molecule has 15 heavy (non-hydrogen) atoms. The van der Waals surface area contributed by atoms with Crippen LogP contribution in [0.25, 0.3) is 0 Å². The van der Waals surface area contributed by atoms with Gasteiger partial charge in [-0.3, -0.25) is 4.79 Å². The van der Waals surface area contributed by atoms with Crippen LogP contribution in [0.2, 0.25) is 0 Å². The SMILES string of the molecule is CCn1ccc(C(=O)S(=O)(=O)CC)c1N. The van der Waals surface area contributed by atoms with E-state index in [0.717, 1.165) is 0 Å². The molecule has 0 aliphatic rings. The zero-order chi connectivity index (χ0) is 11.6. The van der Waals surface area contributed by atoms with Crippen molar-refractivity contribution >= 4 is 20.8 Å². The van der Waals surface area contributed by atoms with Crippen molar-refractivity contribution < 1.29 is 13.2 Å². The summed E-state index contributed by atoms with van der Waals surface area (Å²) in [6.07, 6.45) is 1.60. The third-order valence-corrected chi connectivity index (χ3v) is 3.77. The van der Waals surface area contributed by atoms with Gasteiger partial charge in [-0.1, -0.05) is 6.92 Å². The third kappa shape index (κ3) is 2.04. The summed E-state index contributed by atoms with van der Waals surface area (Å²) in [5, 5.41) is -0.894. The zero-order valence-corrected chi connectivity index (χ0v) is 9.54. The van der Waals surface area contributed by atoms with Crippen LogP contribution in [0.1, 0.15) is 24.2 Å². The van der Waals surface area contributed by atoms with Crippen LogP contribution < -0.4 is 5.73 Å². The van der Waals surface area contributed by atoms with Gasteiger partial charge in [-0.25, -0.2) is 8.42 Å². The Morgan fingerprint density at radius 1 is 1.47 bits per heavy atom. The van der Waals surface area contributed by atoms with Gasteiger partial charge in [-0.05, 0) is 13.0 Å². The van der Waals surface area contributed by atoms with Crippen LogP contribution >= 0.6 is 0 Å². The second-order valence-corrected chi connectivity index (χ2v) is 5.27. The van der Waals surface area contributed by atoms with Gasteiger partial charge in [-0.15, -0.1) is 0 Å². The Hall–Kier alpha value is -1.30. The molecule has 84 valence electrons. The molecule has 5 nitrogen and oxygen atoms in total. The molecule has 0 unspecified atom stereocenters. The summed E-state index contributed by atoms with van der Waals surface area (Å²) in [4.78, 5) is 11.6. The maximum Gasteiger partial charge on any atom is 0.280 e. The molecule has 0 aromatic carbocycles. The van der Waals surface area contributed by atoms with Crippen molar-refractivity contribution in [2.45, 2.75) is 20.4 Å². The highest BCUT2D eigenvalue weighted by Gasteiger charge is 2.25. The molecule has 0 aliphatic carbocycles. The summed E-state index contributed by atoms with van der Waals surface area (Å²) in [6, 6.07) is 1.44. The van der Waals surface area contributed by atoms with E-state index in [9.17, 15) is 13.2 Å². The fourth-order valence-corrected chi connectivity index (χ4v) is 2.00. The highest BCUT2D eigenvalue weighted by molar-refractivity contribution is 8.06. The second-order valence-electron chi connectivity index (χ2n) is 3.09. The fourth-order valence-electron chi connectivity index (χ4n) is 1.23. The first-order chi connectivity index (χ1) is 6.94. The Morgan fingerprint density at radius 2 is 2.07 bits per heavy atom. The predicted molar refractivity (Wildman–Crippen MR) is 58.3 cm³/mol. The van der Waals surface area contributed by atoms with E-state index in [-0.39, 0.29) is 17.1 Å². The predicted octanol–water partition coefficient (Wildman–Crippen LogP) is 0.665. The first-order valence-electron chi connectivity index (χ1n) is 4.65. The number of aromatic nitrogens is 1. The van der Waals surface area contributed by atoms with Crippen molar-refractivity contribution in [1.29, 1.82) is 0 Å². The van der Waals surface area contributed by atoms with Crippen LogP contribution in [0.5, 0.6) is 0 Å². The number of carbonyl (C=O) groups is 1. The summed E-state index contributed by atoms with van der Waals surface area (Å²) in [6.45, 7) is 3.89. The number of nitrogen functional groups attached to an aromatic ring is 1. The average Bonchev–Trinajstić information content (AvgIpc) is 2.58. The number of aryl methyl sites for hydroxylation is 1. The van der Waals surface area contributed by atoms with Gasteiger partial charge < -0.3 is 10.3 Å². The molecule has 0 radical (unpaired) electrons. The number of carbonyl (C=O) groups excluding carboxylic acids is 1. The number of nitrogens with zero attached hydrogens (tertiary/aromatic N) is 1. The standard InChI is InChI=1S/C9H14N2O3S/c1-3-11-6-5-7(8(11)10)9(12)15(13,14)4-2/h5-6H,3-4,10H2,1-2H3. The molecule has 6 heteroatoms. The van der Waals surface area contributed by atoms with Crippen molar-refractivity contribution in [1.82, 2.24) is 4.57 Å². The Balaban J connectivity index is 3.19. The van der Waals surface area contributed by atoms with E-state index in [1.54, 1.807) is 10.8 Å². The van der Waals surface area contributed by atoms with Crippen LogP contribution in [0.3, 0.4) is 0 Å². The van der Waals surface area contributed by atoms with Crippen molar-refractivity contribution in [2.24, 2.45) is 0 Å². The molecule has 0 spiro atoms. The molecule has 1 aromatic heterocycles. The molecular formula is C9H14N2O3S. The van der Waals surface area contributed by atoms with Crippen LogP contribution in [0, 0.1) is 0 Å². The van der Waals surface area contributed by atoms with Gasteiger partial charge in [0.05, 0.1) is 11.3 Å². The van der Waals surface area contributed by atoms with Gasteiger partial charge in [0.25, 0.3) is 5.12 Å². The highest BCUT2D eigenvalue weighted by Crippen LogP contribution is 2.17. The summed E-state index contributed by atoms with van der Waals surface area (Å²) >= 11 is 0. The number of hydrogen-bond acceptors (Lipinski definition) is 4. The fraction of sp³-hybridized carbons (Fsp3) is 0.444. The molecule has 0 atom stereocenters. The number of anilines is 1. The highest BCUT2D eigenvalue weighted by atomic mass is 32.2. The maximum absolute atomic E-state index is 11.6. The first-order valence-corrected chi connectivity index (χ1v) is 6.31. The molecule has 0 bridgehead atoms. The Labute approximate surface area is 88.8 Å². The monoisotopic (exact) mass is 230 g/mol. The minimum Gasteiger partial charge on any atom is -0.384 e. The topological polar surface area (TPSA) is 82.2 Å². The van der Waals surface area contributed by atoms with Crippen molar-refractivity contribution in [3.05, 3.63) is 17.8 Å². The number of nitrogens with two attached hydrogens (primary N) is 1. The van der Waals surface area contributed by atoms with E-state index in [1.807, 2.05) is 6.92 Å². The lowest BCUT2D eigenvalue weighted by atomic mass is 10.3. The molecular weight excluding hydrogens is 216 g/mol. The van der Waals surface area contributed by atoms with Crippen molar-refractivity contribution in [3.8, 4) is 0 Å². The van der Waals surface area contributed by atoms with E-state index in [1.165, 1.54) is 13.0 Å². The Kier molecular flexibility index (Phi) is 3.18. The molecule has 0 fully saturated rings. The van der Waals surface area contributed by atoms with E-state index in [4.69, 9.17) is 5.73 Å². The van der Waals surface area contributed by atoms with Crippen LogP contribution in [-0.2, 0) is 16.4 Å². The lowest BCUT2D eigenvalue weighted by Crippen LogP contribution is -2.18. The van der Waals surface area contributed by atoms with E-state index >= 15 is 0 Å². The largest absolute Gasteiger partial charge is 0.384 e. The van der Waals surface area contributed by atoms with E-state index in [2.05, 4.69) is 0 Å². The summed E-state index contributed by atoms with van der Waals surface area (Å²) in [5.41, 5.74) is 5.71. The summed E-state index contributed by atoms with van der Waals surface area (Å²) in [5.74, 6) is 0.00212. The van der Waals surface area contributed by atoms with E-state index in [0.29, 0.717) is 6.54 Å². The van der Waals surface area contributed by atoms with Crippen LogP contribution in [-0.4, -0.2) is 23.9 Å². The van der Waals surface area contributed by atoms with Gasteiger partial charge in [0.15, 0.2) is 0 Å². The number of sulfone groups is 1. The van der Waals surface area contributed by atoms with Gasteiger partial charge in [-0.2, -0.15) is 0 Å². The maximum atomic E-state index is 11.6. The minimum absolute atomic E-state index is 0.0682. The summed E-state index contributed by atoms with van der Waals surface area (Å²) < 4.78 is 24.3. The third-order valence-electron chi connectivity index (χ3n) is 2.23. The number of rotatable bonds is 3. The quantitative estimate of drug-likeness (QED) is 0.827. The molecule has 1 heterocycles. The zero-order valence-electron chi connectivity index (χ0n) is 8.73. The van der Waals surface area contributed by atoms with Gasteiger partial charge in [0.2, 0.25) is 9.84 Å². The molecule has 1 aromatic rings. The lowest BCUT2D eigenvalue weighted by molar-refractivity contribution is 0.107. The smallest absolute Gasteiger partial charge is 0.280 e. The molecule has 0 amide bonds. The normalized spacial score (nSPS) is 11.6. The molecule has 1 rings (SSSR count). The average molecular weight is 230 g/mol. The van der Waals surface area contributed by atoms with Gasteiger partial charge in [0, 0.05) is 12.7 Å². The molecule has 0 saturated carbocycles. The van der Waals surface area contributed by atoms with Crippen molar-refractivity contribution in [3.63, 3.8) is 0 Å². The molecule has 2 N–H and O–H groups in total. The first kappa shape index (κ1) is 11.8. The lowest BCUT2D eigenvalue weighted by Gasteiger charge is -2.03. The minimum atomic E-state index is -3.70. The Bertz CT molecular complexity index is 474. The second kappa shape index (κ2) is 4.06.